The van der Waals surface area contributed by atoms with E-state index in [-0.39, 0.29) is 19.3 Å². The molecular formula is C20H31N3O5. The van der Waals surface area contributed by atoms with E-state index < -0.39 is 30.0 Å². The van der Waals surface area contributed by atoms with Gasteiger partial charge in [0.15, 0.2) is 0 Å². The second-order valence-electron chi connectivity index (χ2n) is 7.18. The summed E-state index contributed by atoms with van der Waals surface area (Å²) in [5, 5.41) is 17.0. The number of hydrogen-bond donors (Lipinski definition) is 4. The molecule has 0 spiro atoms. The molecule has 3 atom stereocenters. The van der Waals surface area contributed by atoms with Crippen LogP contribution in [0.5, 0.6) is 0 Å². The van der Waals surface area contributed by atoms with Gasteiger partial charge >= 0.3 is 6.09 Å². The van der Waals surface area contributed by atoms with Gasteiger partial charge in [-0.1, -0.05) is 44.2 Å². The minimum absolute atomic E-state index is 0.0955. The van der Waals surface area contributed by atoms with Crippen molar-refractivity contribution in [2.24, 2.45) is 5.92 Å². The smallest absolute Gasteiger partial charge is 0.408 e. The van der Waals surface area contributed by atoms with Gasteiger partial charge in [0.25, 0.3) is 0 Å². The predicted octanol–water partition coefficient (Wildman–Crippen LogP) is 1.33. The van der Waals surface area contributed by atoms with Crippen molar-refractivity contribution in [2.75, 3.05) is 6.61 Å². The maximum atomic E-state index is 12.2. The number of ether oxygens (including phenoxy) is 1. The molecule has 1 aromatic rings. The van der Waals surface area contributed by atoms with E-state index in [1.54, 1.807) is 0 Å². The minimum Gasteiger partial charge on any atom is -0.445 e. The number of carbonyl (C=O) groups is 3. The fraction of sp³-hybridized carbons (Fsp3) is 0.550. The van der Waals surface area contributed by atoms with Gasteiger partial charge in [0.05, 0.1) is 12.6 Å². The Morgan fingerprint density at radius 1 is 0.929 bits per heavy atom. The normalized spacial score (nSPS) is 13.9. The fourth-order valence-corrected chi connectivity index (χ4v) is 2.49. The van der Waals surface area contributed by atoms with E-state index in [4.69, 9.17) is 4.74 Å². The summed E-state index contributed by atoms with van der Waals surface area (Å²) in [5.74, 6) is -0.593. The van der Waals surface area contributed by atoms with Crippen LogP contribution >= 0.6 is 0 Å². The van der Waals surface area contributed by atoms with Crippen LogP contribution in [0.15, 0.2) is 30.3 Å². The molecule has 0 saturated carbocycles. The Morgan fingerprint density at radius 3 is 2.07 bits per heavy atom. The van der Waals surface area contributed by atoms with E-state index in [0.717, 1.165) is 5.56 Å². The molecule has 0 heterocycles. The molecule has 0 bridgehead atoms. The zero-order chi connectivity index (χ0) is 21.1. The summed E-state index contributed by atoms with van der Waals surface area (Å²) < 4.78 is 5.07. The van der Waals surface area contributed by atoms with Gasteiger partial charge in [0.1, 0.15) is 18.7 Å². The maximum Gasteiger partial charge on any atom is 0.408 e. The molecule has 0 aliphatic heterocycles. The predicted molar refractivity (Wildman–Crippen MR) is 105 cm³/mol. The lowest BCUT2D eigenvalue weighted by Crippen LogP contribution is -2.53. The number of aliphatic hydroxyl groups is 1. The Bertz CT molecular complexity index is 636. The van der Waals surface area contributed by atoms with Crippen LogP contribution < -0.4 is 16.0 Å². The van der Waals surface area contributed by atoms with Crippen LogP contribution in [-0.2, 0) is 20.9 Å². The fourth-order valence-electron chi connectivity index (χ4n) is 2.49. The Hall–Kier alpha value is -2.61. The van der Waals surface area contributed by atoms with Crippen LogP contribution in [0.2, 0.25) is 0 Å². The number of benzene rings is 1. The highest BCUT2D eigenvalue weighted by molar-refractivity contribution is 5.90. The average molecular weight is 393 g/mol. The zero-order valence-corrected chi connectivity index (χ0v) is 16.9. The third-order valence-corrected chi connectivity index (χ3v) is 4.02. The summed E-state index contributed by atoms with van der Waals surface area (Å²) in [6, 6.07) is 7.13. The van der Waals surface area contributed by atoms with Crippen LogP contribution in [0.4, 0.5) is 4.79 Å². The van der Waals surface area contributed by atoms with Crippen molar-refractivity contribution in [3.8, 4) is 0 Å². The Balaban J connectivity index is 2.40. The van der Waals surface area contributed by atoms with Crippen molar-refractivity contribution in [1.82, 2.24) is 16.0 Å². The van der Waals surface area contributed by atoms with E-state index in [1.807, 2.05) is 44.2 Å². The Morgan fingerprint density at radius 2 is 1.50 bits per heavy atom. The van der Waals surface area contributed by atoms with Crippen molar-refractivity contribution >= 4 is 17.9 Å². The Kier molecular flexibility index (Phi) is 10.0. The number of nitrogens with one attached hydrogen (secondary N) is 3. The van der Waals surface area contributed by atoms with E-state index in [2.05, 4.69) is 16.0 Å². The van der Waals surface area contributed by atoms with E-state index in [9.17, 15) is 19.5 Å². The molecule has 8 nitrogen and oxygen atoms in total. The van der Waals surface area contributed by atoms with Gasteiger partial charge in [-0.25, -0.2) is 4.79 Å². The quantitative estimate of drug-likeness (QED) is 0.478. The molecule has 0 unspecified atom stereocenters. The molecule has 0 saturated heterocycles. The van der Waals surface area contributed by atoms with Crippen LogP contribution in [0.1, 0.15) is 39.7 Å². The van der Waals surface area contributed by atoms with Gasteiger partial charge < -0.3 is 25.8 Å². The molecule has 0 aliphatic carbocycles. The summed E-state index contributed by atoms with van der Waals surface area (Å²) in [6.45, 7) is 6.94. The molecule has 4 N–H and O–H groups in total. The minimum atomic E-state index is -0.872. The molecule has 3 amide bonds. The van der Waals surface area contributed by atoms with E-state index >= 15 is 0 Å². The molecule has 0 radical (unpaired) electrons. The number of carbonyl (C=O) groups excluding carboxylic acids is 3. The van der Waals surface area contributed by atoms with Crippen LogP contribution in [0, 0.1) is 5.92 Å². The van der Waals surface area contributed by atoms with E-state index in [0.29, 0.717) is 12.3 Å². The summed E-state index contributed by atoms with van der Waals surface area (Å²) in [6.07, 6.45) is -0.0883. The lowest BCUT2D eigenvalue weighted by molar-refractivity contribution is -0.130. The van der Waals surface area contributed by atoms with Gasteiger partial charge in [0.2, 0.25) is 11.8 Å². The van der Waals surface area contributed by atoms with Crippen LogP contribution in [0.3, 0.4) is 0 Å². The monoisotopic (exact) mass is 393 g/mol. The topological polar surface area (TPSA) is 117 Å². The third-order valence-electron chi connectivity index (χ3n) is 4.02. The van der Waals surface area contributed by atoms with Crippen molar-refractivity contribution < 1.29 is 24.2 Å². The molecule has 0 aromatic heterocycles. The van der Waals surface area contributed by atoms with Crippen molar-refractivity contribution in [3.05, 3.63) is 35.9 Å². The third kappa shape index (κ3) is 8.85. The van der Waals surface area contributed by atoms with Gasteiger partial charge in [-0.2, -0.15) is 0 Å². The number of alkyl carbamates (subject to hydrolysis) is 1. The molecule has 1 rings (SSSR count). The summed E-state index contributed by atoms with van der Waals surface area (Å²) >= 11 is 0. The Labute approximate surface area is 166 Å². The summed E-state index contributed by atoms with van der Waals surface area (Å²) in [5.41, 5.74) is 0.833. The molecule has 156 valence electrons. The lowest BCUT2D eigenvalue weighted by atomic mass is 10.0. The highest BCUT2D eigenvalue weighted by atomic mass is 16.5. The van der Waals surface area contributed by atoms with Crippen LogP contribution in [0.25, 0.3) is 0 Å². The molecule has 8 heteroatoms. The molecule has 0 fully saturated rings. The highest BCUT2D eigenvalue weighted by Crippen LogP contribution is 2.04. The number of aliphatic hydroxyl groups excluding tert-OH is 1. The second kappa shape index (κ2) is 12.0. The summed E-state index contributed by atoms with van der Waals surface area (Å²) in [4.78, 5) is 36.2. The molecule has 28 heavy (non-hydrogen) atoms. The summed E-state index contributed by atoms with van der Waals surface area (Å²) in [7, 11) is 0. The lowest BCUT2D eigenvalue weighted by Gasteiger charge is -2.22. The number of hydrogen-bond acceptors (Lipinski definition) is 5. The van der Waals surface area contributed by atoms with Gasteiger partial charge in [-0.05, 0) is 31.7 Å². The van der Waals surface area contributed by atoms with Crippen molar-refractivity contribution in [1.29, 1.82) is 0 Å². The van der Waals surface area contributed by atoms with Crippen molar-refractivity contribution in [3.63, 3.8) is 0 Å². The SMILES string of the molecule is CC(C)C[C@@H](CO)NC(=O)[C@H](C)NC(=O)[C@H](C)NC(=O)OCc1ccccc1. The first-order chi connectivity index (χ1) is 13.2. The first-order valence-electron chi connectivity index (χ1n) is 9.41. The highest BCUT2D eigenvalue weighted by Gasteiger charge is 2.23. The van der Waals surface area contributed by atoms with Crippen molar-refractivity contribution in [2.45, 2.75) is 58.8 Å². The molecule has 0 aliphatic rings. The second-order valence-corrected chi connectivity index (χ2v) is 7.18. The maximum absolute atomic E-state index is 12.2. The number of amides is 3. The molecular weight excluding hydrogens is 362 g/mol. The average Bonchev–Trinajstić information content (AvgIpc) is 2.65. The first kappa shape index (κ1) is 23.4. The number of rotatable bonds is 10. The van der Waals surface area contributed by atoms with Crippen LogP contribution in [-0.4, -0.2) is 47.7 Å². The standard InChI is InChI=1S/C20H31N3O5/c1-13(2)10-17(11-24)23-19(26)14(3)21-18(25)15(4)22-20(27)28-12-16-8-6-5-7-9-16/h5-9,13-15,17,24H,10-12H2,1-4H3,(H,21,25)(H,22,27)(H,23,26)/t14-,15-,17-/m0/s1. The molecule has 1 aromatic carbocycles. The largest absolute Gasteiger partial charge is 0.445 e. The van der Waals surface area contributed by atoms with Gasteiger partial charge in [-0.3, -0.25) is 9.59 Å². The zero-order valence-electron chi connectivity index (χ0n) is 16.9. The first-order valence-corrected chi connectivity index (χ1v) is 9.41. The van der Waals surface area contributed by atoms with E-state index in [1.165, 1.54) is 13.8 Å². The van der Waals surface area contributed by atoms with Gasteiger partial charge in [0, 0.05) is 0 Å². The van der Waals surface area contributed by atoms with Gasteiger partial charge in [-0.15, -0.1) is 0 Å².